The number of nitrogens with two attached hydrogens (primary N) is 1. The molecule has 0 saturated carbocycles. The molecule has 3 rings (SSSR count). The van der Waals surface area contributed by atoms with Crippen molar-refractivity contribution in [2.45, 2.75) is 25.0 Å². The van der Waals surface area contributed by atoms with E-state index in [9.17, 15) is 8.42 Å². The number of sulfonamides is 1. The number of primary sulfonamides is 1. The van der Waals surface area contributed by atoms with Crippen molar-refractivity contribution in [2.24, 2.45) is 5.14 Å². The summed E-state index contributed by atoms with van der Waals surface area (Å²) >= 11 is 16.0. The van der Waals surface area contributed by atoms with Crippen LogP contribution in [0.1, 0.15) is 18.1 Å². The minimum atomic E-state index is -3.72. The van der Waals surface area contributed by atoms with E-state index in [1.165, 1.54) is 12.1 Å². The molecule has 3 N–H and O–H groups in total. The lowest BCUT2D eigenvalue weighted by Crippen LogP contribution is -2.12. The quantitative estimate of drug-likeness (QED) is 0.336. The van der Waals surface area contributed by atoms with E-state index in [-0.39, 0.29) is 11.5 Å². The Kier molecular flexibility index (Phi) is 8.30. The molecule has 0 amide bonds. The van der Waals surface area contributed by atoms with Crippen LogP contribution in [0.3, 0.4) is 0 Å². The number of benzene rings is 3. The zero-order valence-electron chi connectivity index (χ0n) is 17.1. The number of anilines is 1. The number of ether oxygens (including phenoxy) is 2. The summed E-state index contributed by atoms with van der Waals surface area (Å²) < 4.78 is 35.3. The first kappa shape index (κ1) is 24.7. The molecule has 0 atom stereocenters. The summed E-state index contributed by atoms with van der Waals surface area (Å²) in [6.45, 7) is 3.01. The fraction of sp³-hybridized carbons (Fsp3) is 0.182. The van der Waals surface area contributed by atoms with Gasteiger partial charge in [0.15, 0.2) is 11.5 Å². The molecule has 0 heterocycles. The summed E-state index contributed by atoms with van der Waals surface area (Å²) in [5.41, 5.74) is 2.37. The highest BCUT2D eigenvalue weighted by Gasteiger charge is 2.14. The standard InChI is InChI=1S/C22H21BrCl2N2O4S/c1-2-30-21-10-14(12-27-15-6-8-16(9-7-15)32(26,28)29)18(23)11-22(21)31-13-17-19(24)4-3-5-20(17)25/h3-11,27H,2,12-13H2,1H3,(H2,26,28,29). The Bertz CT molecular complexity index is 1190. The average Bonchev–Trinajstić information content (AvgIpc) is 2.74. The van der Waals surface area contributed by atoms with Crippen LogP contribution in [0, 0.1) is 0 Å². The fourth-order valence-corrected chi connectivity index (χ4v) is 4.36. The van der Waals surface area contributed by atoms with E-state index in [1.54, 1.807) is 30.3 Å². The van der Waals surface area contributed by atoms with Gasteiger partial charge >= 0.3 is 0 Å². The van der Waals surface area contributed by atoms with Gasteiger partial charge in [-0.05, 0) is 61.0 Å². The van der Waals surface area contributed by atoms with Crippen molar-refractivity contribution in [1.29, 1.82) is 0 Å². The number of nitrogens with one attached hydrogen (secondary N) is 1. The lowest BCUT2D eigenvalue weighted by Gasteiger charge is -2.16. The van der Waals surface area contributed by atoms with Gasteiger partial charge in [-0.15, -0.1) is 0 Å². The largest absolute Gasteiger partial charge is 0.490 e. The third-order valence-electron chi connectivity index (χ3n) is 4.51. The minimum Gasteiger partial charge on any atom is -0.490 e. The van der Waals surface area contributed by atoms with E-state index in [2.05, 4.69) is 21.2 Å². The number of rotatable bonds is 9. The molecule has 0 unspecified atom stereocenters. The van der Waals surface area contributed by atoms with Crippen LogP contribution in [0.15, 0.2) is 64.0 Å². The normalized spacial score (nSPS) is 11.3. The van der Waals surface area contributed by atoms with Gasteiger partial charge in [0.1, 0.15) is 6.61 Å². The van der Waals surface area contributed by atoms with Gasteiger partial charge in [-0.25, -0.2) is 13.6 Å². The molecule has 0 aliphatic carbocycles. The van der Waals surface area contributed by atoms with Crippen LogP contribution in [0.2, 0.25) is 10.0 Å². The fourth-order valence-electron chi connectivity index (χ4n) is 2.87. The van der Waals surface area contributed by atoms with Gasteiger partial charge in [-0.2, -0.15) is 0 Å². The van der Waals surface area contributed by atoms with Crippen LogP contribution in [0.5, 0.6) is 11.5 Å². The third kappa shape index (κ3) is 6.30. The highest BCUT2D eigenvalue weighted by atomic mass is 79.9. The third-order valence-corrected chi connectivity index (χ3v) is 6.89. The highest BCUT2D eigenvalue weighted by Crippen LogP contribution is 2.36. The monoisotopic (exact) mass is 558 g/mol. The number of hydrogen-bond donors (Lipinski definition) is 2. The van der Waals surface area contributed by atoms with E-state index in [0.717, 1.165) is 15.7 Å². The molecule has 170 valence electrons. The van der Waals surface area contributed by atoms with Crippen LogP contribution in [-0.4, -0.2) is 15.0 Å². The molecule has 10 heteroatoms. The van der Waals surface area contributed by atoms with Crippen molar-refractivity contribution < 1.29 is 17.9 Å². The molecule has 0 saturated heterocycles. The molecule has 0 aromatic heterocycles. The Labute approximate surface area is 205 Å². The van der Waals surface area contributed by atoms with Crippen molar-refractivity contribution in [3.05, 3.63) is 80.2 Å². The van der Waals surface area contributed by atoms with Crippen LogP contribution in [-0.2, 0) is 23.2 Å². The molecule has 0 bridgehead atoms. The molecule has 3 aromatic rings. The molecule has 0 aliphatic rings. The van der Waals surface area contributed by atoms with Crippen LogP contribution >= 0.6 is 39.1 Å². The van der Waals surface area contributed by atoms with Crippen LogP contribution in [0.25, 0.3) is 0 Å². The Morgan fingerprint density at radius 1 is 1.00 bits per heavy atom. The summed E-state index contributed by atoms with van der Waals surface area (Å²) in [6, 6.07) is 15.2. The van der Waals surface area contributed by atoms with E-state index < -0.39 is 10.0 Å². The molecular weight excluding hydrogens is 539 g/mol. The first-order valence-corrected chi connectivity index (χ1v) is 12.7. The van der Waals surface area contributed by atoms with E-state index in [1.807, 2.05) is 19.1 Å². The molecule has 3 aromatic carbocycles. The molecule has 32 heavy (non-hydrogen) atoms. The maximum absolute atomic E-state index is 11.4. The molecule has 0 aliphatic heterocycles. The van der Waals surface area contributed by atoms with E-state index in [4.69, 9.17) is 37.8 Å². The summed E-state index contributed by atoms with van der Waals surface area (Å²) in [5, 5.41) is 9.44. The van der Waals surface area contributed by atoms with Crippen molar-refractivity contribution in [3.63, 3.8) is 0 Å². The Morgan fingerprint density at radius 3 is 2.22 bits per heavy atom. The number of hydrogen-bond acceptors (Lipinski definition) is 5. The molecule has 0 fully saturated rings. The van der Waals surface area contributed by atoms with Gasteiger partial charge < -0.3 is 14.8 Å². The Hall–Kier alpha value is -1.97. The predicted molar refractivity (Wildman–Crippen MR) is 131 cm³/mol. The van der Waals surface area contributed by atoms with Gasteiger partial charge in [0, 0.05) is 32.3 Å². The van der Waals surface area contributed by atoms with Gasteiger partial charge in [0.25, 0.3) is 0 Å². The average molecular weight is 560 g/mol. The van der Waals surface area contributed by atoms with E-state index in [0.29, 0.717) is 40.3 Å². The summed E-state index contributed by atoms with van der Waals surface area (Å²) in [7, 11) is -3.72. The SMILES string of the molecule is CCOc1cc(CNc2ccc(S(N)(=O)=O)cc2)c(Br)cc1OCc1c(Cl)cccc1Cl. The zero-order valence-corrected chi connectivity index (χ0v) is 21.0. The van der Waals surface area contributed by atoms with Gasteiger partial charge in [-0.3, -0.25) is 0 Å². The Balaban J connectivity index is 1.76. The maximum atomic E-state index is 11.4. The topological polar surface area (TPSA) is 90.6 Å². The molecular formula is C22H21BrCl2N2O4S. The summed E-state index contributed by atoms with van der Waals surface area (Å²) in [4.78, 5) is 0.0583. The zero-order chi connectivity index (χ0) is 23.3. The second-order valence-corrected chi connectivity index (χ2v) is 9.97. The minimum absolute atomic E-state index is 0.0583. The highest BCUT2D eigenvalue weighted by molar-refractivity contribution is 9.10. The first-order valence-electron chi connectivity index (χ1n) is 9.56. The van der Waals surface area contributed by atoms with Crippen molar-refractivity contribution in [1.82, 2.24) is 0 Å². The number of halogens is 3. The van der Waals surface area contributed by atoms with Crippen molar-refractivity contribution in [2.75, 3.05) is 11.9 Å². The van der Waals surface area contributed by atoms with Crippen molar-refractivity contribution >= 4 is 54.8 Å². The van der Waals surface area contributed by atoms with Gasteiger partial charge in [0.05, 0.1) is 11.5 Å². The molecule has 0 radical (unpaired) electrons. The van der Waals surface area contributed by atoms with Crippen LogP contribution < -0.4 is 19.9 Å². The summed E-state index contributed by atoms with van der Waals surface area (Å²) in [6.07, 6.45) is 0. The lowest BCUT2D eigenvalue weighted by molar-refractivity contribution is 0.269. The maximum Gasteiger partial charge on any atom is 0.238 e. The molecule has 0 spiro atoms. The second-order valence-electron chi connectivity index (χ2n) is 6.74. The van der Waals surface area contributed by atoms with Gasteiger partial charge in [0.2, 0.25) is 10.0 Å². The van der Waals surface area contributed by atoms with E-state index >= 15 is 0 Å². The predicted octanol–water partition coefficient (Wildman–Crippen LogP) is 5.99. The first-order chi connectivity index (χ1) is 15.2. The Morgan fingerprint density at radius 2 is 1.62 bits per heavy atom. The van der Waals surface area contributed by atoms with Gasteiger partial charge in [-0.1, -0.05) is 45.2 Å². The molecule has 6 nitrogen and oxygen atoms in total. The second kappa shape index (κ2) is 10.8. The smallest absolute Gasteiger partial charge is 0.238 e. The lowest BCUT2D eigenvalue weighted by atomic mass is 10.2. The van der Waals surface area contributed by atoms with Crippen molar-refractivity contribution in [3.8, 4) is 11.5 Å². The summed E-state index contributed by atoms with van der Waals surface area (Å²) in [5.74, 6) is 1.14. The van der Waals surface area contributed by atoms with Crippen LogP contribution in [0.4, 0.5) is 5.69 Å².